The summed E-state index contributed by atoms with van der Waals surface area (Å²) in [6.07, 6.45) is 5.52. The second kappa shape index (κ2) is 6.79. The highest BCUT2D eigenvalue weighted by molar-refractivity contribution is 5.80. The summed E-state index contributed by atoms with van der Waals surface area (Å²) in [5.41, 5.74) is 2.24. The Kier molecular flexibility index (Phi) is 5.05. The molecule has 0 bridgehead atoms. The van der Waals surface area contributed by atoms with Crippen molar-refractivity contribution in [1.29, 1.82) is 0 Å². The van der Waals surface area contributed by atoms with Crippen molar-refractivity contribution in [3.8, 4) is 5.75 Å². The summed E-state index contributed by atoms with van der Waals surface area (Å²) in [5.74, 6) is 1.35. The van der Waals surface area contributed by atoms with Gasteiger partial charge in [0.05, 0.1) is 6.08 Å². The molecule has 0 amide bonds. The van der Waals surface area contributed by atoms with Gasteiger partial charge in [0.1, 0.15) is 11.5 Å². The minimum absolute atomic E-state index is 0.220. The maximum Gasteiger partial charge on any atom is 0.331 e. The Morgan fingerprint density at radius 1 is 1.14 bits per heavy atom. The van der Waals surface area contributed by atoms with Crippen LogP contribution in [-0.2, 0) is 4.79 Å². The standard InChI is InChI=1S/C18H24O3/c1-12-4-6-15(7-5-12)17(11-18(19)20)21-16-9-13(2)8-14(3)10-16/h8-12,15H,4-7H2,1-3H3,(H,19,20)/b17-11+. The number of rotatable bonds is 4. The maximum absolute atomic E-state index is 11.1. The van der Waals surface area contributed by atoms with E-state index >= 15 is 0 Å². The molecule has 1 aromatic carbocycles. The van der Waals surface area contributed by atoms with Crippen LogP contribution in [-0.4, -0.2) is 11.1 Å². The number of carboxylic acids is 1. The number of aliphatic carboxylic acids is 1. The number of carbonyl (C=O) groups is 1. The fraction of sp³-hybridized carbons (Fsp3) is 0.500. The van der Waals surface area contributed by atoms with Gasteiger partial charge in [0.2, 0.25) is 0 Å². The molecule has 0 aliphatic heterocycles. The van der Waals surface area contributed by atoms with Crippen LogP contribution in [0.4, 0.5) is 0 Å². The molecule has 1 fully saturated rings. The first kappa shape index (κ1) is 15.6. The molecule has 0 radical (unpaired) electrons. The lowest BCUT2D eigenvalue weighted by Gasteiger charge is -2.27. The lowest BCUT2D eigenvalue weighted by Crippen LogP contribution is -2.18. The van der Waals surface area contributed by atoms with Crippen LogP contribution >= 0.6 is 0 Å². The van der Waals surface area contributed by atoms with Gasteiger partial charge in [-0.05, 0) is 55.9 Å². The first-order chi connectivity index (χ1) is 9.94. The number of hydrogen-bond donors (Lipinski definition) is 1. The van der Waals surface area contributed by atoms with Crippen LogP contribution in [0, 0.1) is 25.7 Å². The zero-order valence-corrected chi connectivity index (χ0v) is 13.1. The van der Waals surface area contributed by atoms with Crippen molar-refractivity contribution in [2.24, 2.45) is 11.8 Å². The first-order valence-corrected chi connectivity index (χ1v) is 7.64. The quantitative estimate of drug-likeness (QED) is 0.656. The van der Waals surface area contributed by atoms with Crippen LogP contribution < -0.4 is 4.74 Å². The van der Waals surface area contributed by atoms with E-state index in [1.807, 2.05) is 26.0 Å². The Hall–Kier alpha value is -1.77. The maximum atomic E-state index is 11.1. The number of carboxylic acid groups (broad SMARTS) is 1. The second-order valence-electron chi connectivity index (χ2n) is 6.27. The van der Waals surface area contributed by atoms with Crippen molar-refractivity contribution in [2.75, 3.05) is 0 Å². The molecule has 3 heteroatoms. The van der Waals surface area contributed by atoms with Crippen LogP contribution in [0.25, 0.3) is 0 Å². The third-order valence-corrected chi connectivity index (χ3v) is 4.11. The molecule has 0 saturated heterocycles. The van der Waals surface area contributed by atoms with Gasteiger partial charge >= 0.3 is 5.97 Å². The number of benzene rings is 1. The van der Waals surface area contributed by atoms with Gasteiger partial charge in [0, 0.05) is 5.92 Å². The Bertz CT molecular complexity index is 517. The summed E-state index contributed by atoms with van der Waals surface area (Å²) >= 11 is 0. The summed E-state index contributed by atoms with van der Waals surface area (Å²) in [6, 6.07) is 5.98. The topological polar surface area (TPSA) is 46.5 Å². The fourth-order valence-corrected chi connectivity index (χ4v) is 3.02. The molecule has 21 heavy (non-hydrogen) atoms. The molecule has 0 unspecified atom stereocenters. The van der Waals surface area contributed by atoms with E-state index in [9.17, 15) is 4.79 Å². The summed E-state index contributed by atoms with van der Waals surface area (Å²) in [5, 5.41) is 9.10. The van der Waals surface area contributed by atoms with Crippen LogP contribution in [0.1, 0.15) is 43.7 Å². The molecular weight excluding hydrogens is 264 g/mol. The third kappa shape index (κ3) is 4.62. The third-order valence-electron chi connectivity index (χ3n) is 4.11. The number of hydrogen-bond acceptors (Lipinski definition) is 2. The number of aryl methyl sites for hydroxylation is 2. The van der Waals surface area contributed by atoms with Gasteiger partial charge in [0.25, 0.3) is 0 Å². The van der Waals surface area contributed by atoms with E-state index in [2.05, 4.69) is 13.0 Å². The van der Waals surface area contributed by atoms with E-state index in [1.54, 1.807) is 0 Å². The highest BCUT2D eigenvalue weighted by atomic mass is 16.5. The van der Waals surface area contributed by atoms with E-state index in [4.69, 9.17) is 9.84 Å². The molecule has 2 rings (SSSR count). The van der Waals surface area contributed by atoms with E-state index in [1.165, 1.54) is 6.08 Å². The molecule has 1 aromatic rings. The fourth-order valence-electron chi connectivity index (χ4n) is 3.02. The van der Waals surface area contributed by atoms with E-state index in [0.29, 0.717) is 5.76 Å². The molecular formula is C18H24O3. The molecule has 0 spiro atoms. The lowest BCUT2D eigenvalue weighted by molar-refractivity contribution is -0.131. The largest absolute Gasteiger partial charge is 0.478 e. The zero-order valence-electron chi connectivity index (χ0n) is 13.1. The SMILES string of the molecule is Cc1cc(C)cc(O/C(=C/C(=O)O)C2CCC(C)CC2)c1. The molecule has 1 aliphatic carbocycles. The van der Waals surface area contributed by atoms with Crippen molar-refractivity contribution < 1.29 is 14.6 Å². The summed E-state index contributed by atoms with van der Waals surface area (Å²) in [7, 11) is 0. The second-order valence-corrected chi connectivity index (χ2v) is 6.27. The minimum atomic E-state index is -0.937. The monoisotopic (exact) mass is 288 g/mol. The van der Waals surface area contributed by atoms with E-state index in [0.717, 1.165) is 48.5 Å². The van der Waals surface area contributed by atoms with Gasteiger partial charge in [-0.2, -0.15) is 0 Å². The molecule has 0 heterocycles. The Morgan fingerprint density at radius 3 is 2.24 bits per heavy atom. The Balaban J connectivity index is 2.19. The molecule has 114 valence electrons. The van der Waals surface area contributed by atoms with Crippen LogP contribution in [0.2, 0.25) is 0 Å². The first-order valence-electron chi connectivity index (χ1n) is 7.64. The highest BCUT2D eigenvalue weighted by Gasteiger charge is 2.24. The smallest absolute Gasteiger partial charge is 0.331 e. The van der Waals surface area contributed by atoms with Crippen molar-refractivity contribution in [2.45, 2.75) is 46.5 Å². The highest BCUT2D eigenvalue weighted by Crippen LogP contribution is 2.34. The van der Waals surface area contributed by atoms with E-state index in [-0.39, 0.29) is 5.92 Å². The van der Waals surface area contributed by atoms with Gasteiger partial charge in [-0.3, -0.25) is 0 Å². The minimum Gasteiger partial charge on any atom is -0.478 e. The van der Waals surface area contributed by atoms with Gasteiger partial charge in [-0.1, -0.05) is 25.8 Å². The summed E-state index contributed by atoms with van der Waals surface area (Å²) in [4.78, 5) is 11.1. The van der Waals surface area contributed by atoms with Crippen LogP contribution in [0.3, 0.4) is 0 Å². The normalized spacial score (nSPS) is 22.9. The van der Waals surface area contributed by atoms with Gasteiger partial charge < -0.3 is 9.84 Å². The molecule has 1 N–H and O–H groups in total. The Labute approximate surface area is 126 Å². The predicted octanol–water partition coefficient (Wildman–Crippen LogP) is 4.48. The van der Waals surface area contributed by atoms with Gasteiger partial charge in [-0.25, -0.2) is 4.79 Å². The molecule has 1 aliphatic rings. The summed E-state index contributed by atoms with van der Waals surface area (Å²) in [6.45, 7) is 6.28. The van der Waals surface area contributed by atoms with Crippen molar-refractivity contribution in [3.05, 3.63) is 41.2 Å². The van der Waals surface area contributed by atoms with Crippen LogP contribution in [0.5, 0.6) is 5.75 Å². The number of allylic oxidation sites excluding steroid dienone is 1. The van der Waals surface area contributed by atoms with E-state index < -0.39 is 5.97 Å². The van der Waals surface area contributed by atoms with Gasteiger partial charge in [0.15, 0.2) is 0 Å². The zero-order chi connectivity index (χ0) is 15.4. The molecule has 0 atom stereocenters. The van der Waals surface area contributed by atoms with Crippen LogP contribution in [0.15, 0.2) is 30.0 Å². The molecule has 3 nitrogen and oxygen atoms in total. The predicted molar refractivity (Wildman–Crippen MR) is 83.4 cm³/mol. The van der Waals surface area contributed by atoms with Crippen molar-refractivity contribution in [1.82, 2.24) is 0 Å². The summed E-state index contributed by atoms with van der Waals surface area (Å²) < 4.78 is 5.94. The lowest BCUT2D eigenvalue weighted by atomic mass is 9.82. The Morgan fingerprint density at radius 2 is 1.71 bits per heavy atom. The average Bonchev–Trinajstić information content (AvgIpc) is 2.37. The average molecular weight is 288 g/mol. The van der Waals surface area contributed by atoms with Crippen molar-refractivity contribution in [3.63, 3.8) is 0 Å². The number of ether oxygens (including phenoxy) is 1. The molecule has 1 saturated carbocycles. The van der Waals surface area contributed by atoms with Crippen molar-refractivity contribution >= 4 is 5.97 Å². The van der Waals surface area contributed by atoms with Gasteiger partial charge in [-0.15, -0.1) is 0 Å². The molecule has 0 aromatic heterocycles.